The Morgan fingerprint density at radius 2 is 1.59 bits per heavy atom. The molecule has 184 valence electrons. The van der Waals surface area contributed by atoms with Crippen molar-refractivity contribution in [1.82, 2.24) is 4.57 Å². The van der Waals surface area contributed by atoms with Crippen LogP contribution in [0, 0.1) is 5.82 Å². The first-order valence-corrected chi connectivity index (χ1v) is 13.6. The molecule has 7 heteroatoms. The summed E-state index contributed by atoms with van der Waals surface area (Å²) in [6, 6.07) is 21.4. The van der Waals surface area contributed by atoms with E-state index in [4.69, 9.17) is 28.2 Å². The van der Waals surface area contributed by atoms with Crippen LogP contribution in [0.3, 0.4) is 0 Å². The number of aromatic nitrogens is 1. The Morgan fingerprint density at radius 1 is 0.892 bits per heavy atom. The van der Waals surface area contributed by atoms with E-state index in [0.29, 0.717) is 24.9 Å². The molecule has 0 N–H and O–H groups in total. The van der Waals surface area contributed by atoms with Gasteiger partial charge in [0.05, 0.1) is 16.3 Å². The van der Waals surface area contributed by atoms with Crippen molar-refractivity contribution in [3.05, 3.63) is 142 Å². The lowest BCUT2D eigenvalue weighted by molar-refractivity contribution is 0.553. The highest BCUT2D eigenvalue weighted by Gasteiger charge is 2.33. The van der Waals surface area contributed by atoms with E-state index in [1.165, 1.54) is 17.4 Å². The highest BCUT2D eigenvalue weighted by molar-refractivity contribution is 7.07. The smallest absolute Gasteiger partial charge is 0.271 e. The number of halogens is 3. The number of rotatable bonds is 3. The number of hydrogen-bond donors (Lipinski definition) is 0. The molecule has 1 atom stereocenters. The van der Waals surface area contributed by atoms with Crippen LogP contribution in [0.2, 0.25) is 10.0 Å². The summed E-state index contributed by atoms with van der Waals surface area (Å²) in [5.74, 6) is -0.375. The number of thiazole rings is 1. The zero-order chi connectivity index (χ0) is 25.5. The monoisotopic (exact) mass is 546 g/mol. The molecule has 0 fully saturated rings. The molecule has 0 amide bonds. The molecule has 1 aliphatic carbocycles. The molecule has 0 saturated carbocycles. The molecule has 1 aromatic heterocycles. The minimum atomic E-state index is -0.391. The van der Waals surface area contributed by atoms with Gasteiger partial charge in [0.25, 0.3) is 5.56 Å². The largest absolute Gasteiger partial charge is 0.272 e. The van der Waals surface area contributed by atoms with Gasteiger partial charge < -0.3 is 0 Å². The van der Waals surface area contributed by atoms with Crippen molar-refractivity contribution in [2.75, 3.05) is 0 Å². The Morgan fingerprint density at radius 3 is 2.35 bits per heavy atom. The van der Waals surface area contributed by atoms with Gasteiger partial charge in [0.2, 0.25) is 0 Å². The molecule has 1 aliphatic heterocycles. The maximum absolute atomic E-state index is 14.4. The second-order valence-corrected chi connectivity index (χ2v) is 10.9. The number of nitrogens with zero attached hydrogens (tertiary/aromatic N) is 2. The Kier molecular flexibility index (Phi) is 6.45. The normalized spacial score (nSPS) is 18.5. The second kappa shape index (κ2) is 9.90. The van der Waals surface area contributed by atoms with Crippen LogP contribution in [-0.2, 0) is 0 Å². The van der Waals surface area contributed by atoms with Crippen LogP contribution >= 0.6 is 34.5 Å². The van der Waals surface area contributed by atoms with Gasteiger partial charge in [-0.2, -0.15) is 0 Å². The molecule has 1 unspecified atom stereocenters. The van der Waals surface area contributed by atoms with Gasteiger partial charge in [-0.05, 0) is 71.9 Å². The van der Waals surface area contributed by atoms with E-state index in [0.717, 1.165) is 47.2 Å². The average Bonchev–Trinajstić information content (AvgIpc) is 3.21. The van der Waals surface area contributed by atoms with Gasteiger partial charge in [-0.3, -0.25) is 9.36 Å². The van der Waals surface area contributed by atoms with Crippen molar-refractivity contribution >= 4 is 46.7 Å². The summed E-state index contributed by atoms with van der Waals surface area (Å²) in [6.07, 6.45) is 6.27. The zero-order valence-electron chi connectivity index (χ0n) is 19.6. The summed E-state index contributed by atoms with van der Waals surface area (Å²) in [4.78, 5) is 19.4. The fourth-order valence-corrected chi connectivity index (χ4v) is 6.46. The highest BCUT2D eigenvalue weighted by atomic mass is 35.5. The molecule has 0 spiro atoms. The minimum absolute atomic E-state index is 0.203. The van der Waals surface area contributed by atoms with Crippen molar-refractivity contribution < 1.29 is 4.39 Å². The van der Waals surface area contributed by atoms with Gasteiger partial charge in [-0.1, -0.05) is 89.1 Å². The third-order valence-corrected chi connectivity index (χ3v) is 8.43. The lowest BCUT2D eigenvalue weighted by Crippen LogP contribution is -2.39. The van der Waals surface area contributed by atoms with E-state index in [2.05, 4.69) is 6.08 Å². The van der Waals surface area contributed by atoms with Crippen molar-refractivity contribution in [2.24, 2.45) is 4.99 Å². The molecule has 4 aromatic rings. The Hall–Kier alpha value is -3.25. The number of benzene rings is 3. The molecule has 3 nitrogen and oxygen atoms in total. The molecule has 0 bridgehead atoms. The fourth-order valence-electron chi connectivity index (χ4n) is 5.04. The van der Waals surface area contributed by atoms with E-state index < -0.39 is 6.04 Å². The number of fused-ring (bicyclic) bond motifs is 1. The molecular weight excluding hydrogens is 526 g/mol. The predicted octanol–water partition coefficient (Wildman–Crippen LogP) is 6.93. The van der Waals surface area contributed by atoms with Gasteiger partial charge in [0.1, 0.15) is 5.82 Å². The van der Waals surface area contributed by atoms with E-state index in [9.17, 15) is 9.18 Å². The Labute approximate surface area is 227 Å². The van der Waals surface area contributed by atoms with Crippen LogP contribution in [0.5, 0.6) is 0 Å². The Balaban J connectivity index is 1.62. The van der Waals surface area contributed by atoms with Gasteiger partial charge in [-0.25, -0.2) is 9.38 Å². The molecule has 2 heterocycles. The molecule has 6 rings (SSSR count). The topological polar surface area (TPSA) is 34.4 Å². The maximum Gasteiger partial charge on any atom is 0.271 e. The van der Waals surface area contributed by atoms with E-state index >= 15 is 0 Å². The van der Waals surface area contributed by atoms with Crippen LogP contribution in [0.25, 0.3) is 12.2 Å². The highest BCUT2D eigenvalue weighted by Crippen LogP contribution is 2.42. The molecule has 0 radical (unpaired) electrons. The van der Waals surface area contributed by atoms with Gasteiger partial charge in [-0.15, -0.1) is 0 Å². The van der Waals surface area contributed by atoms with Crippen molar-refractivity contribution in [1.29, 1.82) is 0 Å². The first-order valence-electron chi connectivity index (χ1n) is 12.0. The Bertz CT molecular complexity index is 1780. The van der Waals surface area contributed by atoms with Gasteiger partial charge in [0.15, 0.2) is 4.80 Å². The van der Waals surface area contributed by atoms with Crippen molar-refractivity contribution in [3.8, 4) is 0 Å². The van der Waals surface area contributed by atoms with Crippen LogP contribution in [0.1, 0.15) is 42.0 Å². The fraction of sp³-hybridized carbons (Fsp3) is 0.133. The molecule has 37 heavy (non-hydrogen) atoms. The average molecular weight is 547 g/mol. The van der Waals surface area contributed by atoms with Crippen LogP contribution in [0.15, 0.2) is 99.4 Å². The number of hydrogen-bond acceptors (Lipinski definition) is 3. The summed E-state index contributed by atoms with van der Waals surface area (Å²) in [6.45, 7) is 0. The first kappa shape index (κ1) is 24.1. The molecule has 0 saturated heterocycles. The van der Waals surface area contributed by atoms with E-state index in [-0.39, 0.29) is 11.4 Å². The summed E-state index contributed by atoms with van der Waals surface area (Å²) < 4.78 is 16.6. The minimum Gasteiger partial charge on any atom is -0.272 e. The third-order valence-electron chi connectivity index (χ3n) is 6.76. The predicted molar refractivity (Wildman–Crippen MR) is 149 cm³/mol. The van der Waals surface area contributed by atoms with Crippen LogP contribution in [0.4, 0.5) is 4.39 Å². The second-order valence-electron chi connectivity index (χ2n) is 9.04. The third kappa shape index (κ3) is 4.42. The summed E-state index contributed by atoms with van der Waals surface area (Å²) in [5, 5.41) is 1.27. The van der Waals surface area contributed by atoms with Gasteiger partial charge >= 0.3 is 0 Å². The summed E-state index contributed by atoms with van der Waals surface area (Å²) in [7, 11) is 0. The zero-order valence-corrected chi connectivity index (χ0v) is 22.0. The van der Waals surface area contributed by atoms with Gasteiger partial charge in [0, 0.05) is 15.6 Å². The SMILES string of the molecule is O=c1/c(=C\c2ccccc2F)sc2n1C(c1ccccc1Cl)C1=C(N=2)/C(=C/c2ccccc2Cl)CCC1. The van der Waals surface area contributed by atoms with Crippen LogP contribution in [-0.4, -0.2) is 4.57 Å². The quantitative estimate of drug-likeness (QED) is 0.274. The maximum atomic E-state index is 14.4. The molecule has 3 aromatic carbocycles. The lowest BCUT2D eigenvalue weighted by Gasteiger charge is -2.31. The van der Waals surface area contributed by atoms with Crippen molar-refractivity contribution in [2.45, 2.75) is 25.3 Å². The van der Waals surface area contributed by atoms with E-state index in [1.54, 1.807) is 28.8 Å². The standard InChI is InChI=1S/C30H21Cl2FN2OS/c31-23-13-4-1-8-18(23)16-20-10-7-12-22-27(20)34-30-35(28(22)21-11-3-5-14-24(21)32)29(36)26(37-30)17-19-9-2-6-15-25(19)33/h1-6,8-9,11,13-17,28H,7,10,12H2/b20-16+,26-17+. The van der Waals surface area contributed by atoms with Crippen LogP contribution < -0.4 is 14.9 Å². The number of allylic oxidation sites excluding steroid dienone is 2. The molecule has 2 aliphatic rings. The first-order chi connectivity index (χ1) is 18.0. The van der Waals surface area contributed by atoms with Crippen molar-refractivity contribution in [3.63, 3.8) is 0 Å². The summed E-state index contributed by atoms with van der Waals surface area (Å²) >= 11 is 14.4. The summed E-state index contributed by atoms with van der Waals surface area (Å²) in [5.41, 5.74) is 4.97. The van der Waals surface area contributed by atoms with E-state index in [1.807, 2.05) is 48.5 Å². The lowest BCUT2D eigenvalue weighted by atomic mass is 9.84. The molecular formula is C30H21Cl2FN2OS.